The van der Waals surface area contributed by atoms with Crippen molar-refractivity contribution in [2.24, 2.45) is 5.16 Å². The third-order valence-electron chi connectivity index (χ3n) is 3.73. The first-order valence-corrected chi connectivity index (χ1v) is 8.03. The molecule has 10 nitrogen and oxygen atoms in total. The molecule has 138 valence electrons. The van der Waals surface area contributed by atoms with Crippen molar-refractivity contribution in [1.82, 2.24) is 15.2 Å². The quantitative estimate of drug-likeness (QED) is 0.549. The zero-order valence-corrected chi connectivity index (χ0v) is 14.3. The Morgan fingerprint density at radius 3 is 2.77 bits per heavy atom. The number of amides is 2. The lowest BCUT2D eigenvalue weighted by Crippen LogP contribution is -2.49. The first kappa shape index (κ1) is 19.0. The highest BCUT2D eigenvalue weighted by molar-refractivity contribution is 5.78. The van der Waals surface area contributed by atoms with Crippen molar-refractivity contribution in [3.05, 3.63) is 23.9 Å². The molecule has 0 radical (unpaired) electrons. The van der Waals surface area contributed by atoms with Crippen LogP contribution in [0.2, 0.25) is 0 Å². The first-order chi connectivity index (χ1) is 12.5. The molecule has 1 aliphatic heterocycles. The minimum absolute atomic E-state index is 0.187. The van der Waals surface area contributed by atoms with Crippen LogP contribution in [0.4, 0.5) is 10.6 Å². The first-order valence-electron chi connectivity index (χ1n) is 8.03. The van der Waals surface area contributed by atoms with Crippen molar-refractivity contribution in [3.8, 4) is 6.07 Å². The number of oxime groups is 1. The third kappa shape index (κ3) is 5.62. The molecule has 0 spiro atoms. The van der Waals surface area contributed by atoms with E-state index in [1.807, 2.05) is 11.0 Å². The van der Waals surface area contributed by atoms with Gasteiger partial charge in [-0.25, -0.2) is 9.78 Å². The van der Waals surface area contributed by atoms with Crippen molar-refractivity contribution in [3.63, 3.8) is 0 Å². The van der Waals surface area contributed by atoms with Crippen molar-refractivity contribution in [1.29, 1.82) is 5.26 Å². The van der Waals surface area contributed by atoms with Gasteiger partial charge in [0.25, 0.3) is 5.91 Å². The molecule has 1 saturated heterocycles. The summed E-state index contributed by atoms with van der Waals surface area (Å²) >= 11 is 0. The van der Waals surface area contributed by atoms with Gasteiger partial charge in [0, 0.05) is 32.4 Å². The lowest BCUT2D eigenvalue weighted by molar-refractivity contribution is -0.136. The molecule has 0 bridgehead atoms. The van der Waals surface area contributed by atoms with Crippen LogP contribution < -0.4 is 10.2 Å². The standard InChI is InChI=1S/C16H20N6O4/c1-12(20-16(24)25)9-19-26-11-15(23)22-6-4-21(5-7-22)14-3-2-13(8-17)10-18-14/h2-3,9-10,12,20H,4-7,11H2,1H3,(H,24,25). The molecule has 0 aromatic carbocycles. The van der Waals surface area contributed by atoms with Gasteiger partial charge in [0.05, 0.1) is 17.8 Å². The van der Waals surface area contributed by atoms with E-state index in [-0.39, 0.29) is 12.5 Å². The van der Waals surface area contributed by atoms with Crippen LogP contribution in [0, 0.1) is 11.3 Å². The molecule has 0 saturated carbocycles. The largest absolute Gasteiger partial charge is 0.465 e. The van der Waals surface area contributed by atoms with E-state index < -0.39 is 12.1 Å². The number of hydrogen-bond donors (Lipinski definition) is 2. The second kappa shape index (κ2) is 9.22. The summed E-state index contributed by atoms with van der Waals surface area (Å²) in [5.41, 5.74) is 0.508. The maximum absolute atomic E-state index is 12.1. The molecule has 1 aliphatic rings. The molecular formula is C16H20N6O4. The summed E-state index contributed by atoms with van der Waals surface area (Å²) in [5.74, 6) is 0.588. The predicted molar refractivity (Wildman–Crippen MR) is 92.8 cm³/mol. The molecule has 26 heavy (non-hydrogen) atoms. The summed E-state index contributed by atoms with van der Waals surface area (Å²) in [7, 11) is 0. The van der Waals surface area contributed by atoms with E-state index in [2.05, 4.69) is 15.5 Å². The number of nitrogens with one attached hydrogen (secondary N) is 1. The van der Waals surface area contributed by atoms with Gasteiger partial charge in [-0.05, 0) is 19.1 Å². The van der Waals surface area contributed by atoms with Gasteiger partial charge in [0.2, 0.25) is 0 Å². The van der Waals surface area contributed by atoms with Gasteiger partial charge >= 0.3 is 6.09 Å². The number of carbonyl (C=O) groups excluding carboxylic acids is 1. The Kier molecular flexibility index (Phi) is 6.73. The molecule has 1 unspecified atom stereocenters. The second-order valence-corrected chi connectivity index (χ2v) is 5.65. The molecule has 1 aromatic heterocycles. The summed E-state index contributed by atoms with van der Waals surface area (Å²) in [5, 5.41) is 23.1. The zero-order valence-electron chi connectivity index (χ0n) is 14.3. The smallest absolute Gasteiger partial charge is 0.405 e. The van der Waals surface area contributed by atoms with E-state index in [0.717, 1.165) is 5.82 Å². The highest BCUT2D eigenvalue weighted by atomic mass is 16.6. The maximum atomic E-state index is 12.1. The number of rotatable bonds is 6. The highest BCUT2D eigenvalue weighted by Crippen LogP contribution is 2.14. The average molecular weight is 360 g/mol. The van der Waals surface area contributed by atoms with Crippen LogP contribution >= 0.6 is 0 Å². The van der Waals surface area contributed by atoms with Crippen molar-refractivity contribution in [2.75, 3.05) is 37.7 Å². The predicted octanol–water partition coefficient (Wildman–Crippen LogP) is 0.260. The Labute approximate surface area is 150 Å². The van der Waals surface area contributed by atoms with Crippen LogP contribution in [0.25, 0.3) is 0 Å². The molecule has 1 aromatic rings. The molecule has 1 fully saturated rings. The third-order valence-corrected chi connectivity index (χ3v) is 3.73. The zero-order chi connectivity index (χ0) is 18.9. The van der Waals surface area contributed by atoms with Crippen LogP contribution in [0.15, 0.2) is 23.5 Å². The summed E-state index contributed by atoms with van der Waals surface area (Å²) in [6.45, 7) is 3.72. The Hall–Kier alpha value is -3.35. The SMILES string of the molecule is CC(C=NOCC(=O)N1CCN(c2ccc(C#N)cn2)CC1)NC(=O)O. The fourth-order valence-electron chi connectivity index (χ4n) is 2.37. The topological polar surface area (TPSA) is 131 Å². The van der Waals surface area contributed by atoms with Crippen LogP contribution in [0.3, 0.4) is 0 Å². The fourth-order valence-corrected chi connectivity index (χ4v) is 2.37. The number of nitriles is 1. The number of carboxylic acid groups (broad SMARTS) is 1. The molecule has 10 heteroatoms. The minimum Gasteiger partial charge on any atom is -0.465 e. The Bertz CT molecular complexity index is 692. The molecular weight excluding hydrogens is 340 g/mol. The number of hydrogen-bond acceptors (Lipinski definition) is 7. The lowest BCUT2D eigenvalue weighted by Gasteiger charge is -2.35. The summed E-state index contributed by atoms with van der Waals surface area (Å²) in [6, 6.07) is 5.03. The second-order valence-electron chi connectivity index (χ2n) is 5.65. The van der Waals surface area contributed by atoms with Crippen molar-refractivity contribution >= 4 is 24.0 Å². The van der Waals surface area contributed by atoms with Gasteiger partial charge in [0.1, 0.15) is 11.9 Å². The maximum Gasteiger partial charge on any atom is 0.405 e. The van der Waals surface area contributed by atoms with Crippen molar-refractivity contribution in [2.45, 2.75) is 13.0 Å². The number of carbonyl (C=O) groups is 2. The normalized spacial score (nSPS) is 15.4. The van der Waals surface area contributed by atoms with Crippen LogP contribution in [-0.2, 0) is 9.63 Å². The van der Waals surface area contributed by atoms with E-state index in [1.54, 1.807) is 24.0 Å². The van der Waals surface area contributed by atoms with Gasteiger partial charge in [-0.3, -0.25) is 4.79 Å². The van der Waals surface area contributed by atoms with E-state index in [1.165, 1.54) is 12.4 Å². The number of nitrogens with zero attached hydrogens (tertiary/aromatic N) is 5. The van der Waals surface area contributed by atoms with Crippen molar-refractivity contribution < 1.29 is 19.5 Å². The summed E-state index contributed by atoms with van der Waals surface area (Å²) < 4.78 is 0. The van der Waals surface area contributed by atoms with Crippen LogP contribution in [0.5, 0.6) is 0 Å². The van der Waals surface area contributed by atoms with E-state index in [9.17, 15) is 9.59 Å². The fraction of sp³-hybridized carbons (Fsp3) is 0.438. The van der Waals surface area contributed by atoms with E-state index in [0.29, 0.717) is 31.7 Å². The molecule has 0 aliphatic carbocycles. The van der Waals surface area contributed by atoms with Crippen LogP contribution in [-0.4, -0.2) is 72.0 Å². The molecule has 2 amide bonds. The number of pyridine rings is 1. The molecule has 2 rings (SSSR count). The average Bonchev–Trinajstić information content (AvgIpc) is 2.64. The molecule has 1 atom stereocenters. The molecule has 2 heterocycles. The van der Waals surface area contributed by atoms with E-state index >= 15 is 0 Å². The Balaban J connectivity index is 1.73. The number of aromatic nitrogens is 1. The molecule has 2 N–H and O–H groups in total. The van der Waals surface area contributed by atoms with Crippen LogP contribution in [0.1, 0.15) is 12.5 Å². The number of piperazine rings is 1. The number of anilines is 1. The Morgan fingerprint density at radius 2 is 2.19 bits per heavy atom. The highest BCUT2D eigenvalue weighted by Gasteiger charge is 2.22. The monoisotopic (exact) mass is 360 g/mol. The van der Waals surface area contributed by atoms with Gasteiger partial charge in [-0.1, -0.05) is 5.16 Å². The minimum atomic E-state index is -1.16. The Morgan fingerprint density at radius 1 is 1.46 bits per heavy atom. The van der Waals surface area contributed by atoms with Gasteiger partial charge < -0.3 is 25.1 Å². The van der Waals surface area contributed by atoms with Gasteiger partial charge in [-0.2, -0.15) is 5.26 Å². The summed E-state index contributed by atoms with van der Waals surface area (Å²) in [4.78, 5) is 35.4. The summed E-state index contributed by atoms with van der Waals surface area (Å²) in [6.07, 6.45) is 1.64. The lowest BCUT2D eigenvalue weighted by atomic mass is 10.2. The van der Waals surface area contributed by atoms with Gasteiger partial charge in [0.15, 0.2) is 6.61 Å². The van der Waals surface area contributed by atoms with E-state index in [4.69, 9.17) is 15.2 Å². The van der Waals surface area contributed by atoms with Gasteiger partial charge in [-0.15, -0.1) is 0 Å².